The van der Waals surface area contributed by atoms with Crippen molar-refractivity contribution in [3.05, 3.63) is 23.8 Å². The number of carbonyl (C=O) groups excluding carboxylic acids is 1. The molecule has 1 aromatic carbocycles. The van der Waals surface area contributed by atoms with Crippen molar-refractivity contribution in [3.63, 3.8) is 0 Å². The minimum atomic E-state index is 0.0358. The Balaban J connectivity index is 1.68. The van der Waals surface area contributed by atoms with Crippen LogP contribution in [-0.4, -0.2) is 76.0 Å². The normalized spacial score (nSPS) is 21.2. The molecule has 2 aliphatic rings. The number of hydrogen-bond acceptors (Lipinski definition) is 6. The molecule has 1 aliphatic heterocycles. The number of benzene rings is 1. The van der Waals surface area contributed by atoms with Crippen LogP contribution in [0.5, 0.6) is 11.5 Å². The van der Waals surface area contributed by atoms with Crippen molar-refractivity contribution >= 4 is 5.91 Å². The number of nitrogens with one attached hydrogen (secondary N) is 2. The zero-order valence-electron chi connectivity index (χ0n) is 19.5. The Morgan fingerprint density at radius 2 is 2.00 bits per heavy atom. The summed E-state index contributed by atoms with van der Waals surface area (Å²) >= 11 is 0. The maximum atomic E-state index is 13.5. The first-order valence-corrected chi connectivity index (χ1v) is 11.6. The van der Waals surface area contributed by atoms with Crippen LogP contribution < -0.4 is 20.1 Å². The smallest absolute Gasteiger partial charge is 0.254 e. The number of rotatable bonds is 12. The van der Waals surface area contributed by atoms with Crippen LogP contribution in [0.2, 0.25) is 0 Å². The van der Waals surface area contributed by atoms with Gasteiger partial charge in [0.2, 0.25) is 0 Å². The van der Waals surface area contributed by atoms with Gasteiger partial charge in [-0.15, -0.1) is 0 Å². The summed E-state index contributed by atoms with van der Waals surface area (Å²) in [4.78, 5) is 15.5. The number of carbonyl (C=O) groups is 1. The second-order valence-electron chi connectivity index (χ2n) is 8.93. The van der Waals surface area contributed by atoms with Gasteiger partial charge in [0, 0.05) is 69.4 Å². The van der Waals surface area contributed by atoms with E-state index in [4.69, 9.17) is 14.2 Å². The van der Waals surface area contributed by atoms with Gasteiger partial charge in [0.25, 0.3) is 5.91 Å². The Bertz CT molecular complexity index is 708. The van der Waals surface area contributed by atoms with Crippen LogP contribution in [0.4, 0.5) is 0 Å². The summed E-state index contributed by atoms with van der Waals surface area (Å²) < 4.78 is 16.4. The van der Waals surface area contributed by atoms with Gasteiger partial charge < -0.3 is 29.7 Å². The van der Waals surface area contributed by atoms with Gasteiger partial charge in [-0.25, -0.2) is 0 Å². The molecule has 2 atom stereocenters. The highest BCUT2D eigenvalue weighted by molar-refractivity contribution is 5.95. The Morgan fingerprint density at radius 3 is 2.65 bits per heavy atom. The van der Waals surface area contributed by atoms with Crippen LogP contribution in [0.25, 0.3) is 0 Å². The van der Waals surface area contributed by atoms with Crippen molar-refractivity contribution in [3.8, 4) is 11.5 Å². The Hall–Kier alpha value is -1.83. The molecule has 1 aromatic rings. The molecule has 0 spiro atoms. The van der Waals surface area contributed by atoms with Gasteiger partial charge in [-0.1, -0.05) is 6.42 Å². The van der Waals surface area contributed by atoms with Gasteiger partial charge in [0.15, 0.2) is 11.5 Å². The van der Waals surface area contributed by atoms with Gasteiger partial charge in [-0.05, 0) is 44.9 Å². The maximum absolute atomic E-state index is 13.5. The average Bonchev–Trinajstić information content (AvgIpc) is 3.18. The molecule has 31 heavy (non-hydrogen) atoms. The quantitative estimate of drug-likeness (QED) is 0.494. The molecule has 3 rings (SSSR count). The average molecular weight is 434 g/mol. The van der Waals surface area contributed by atoms with Crippen molar-refractivity contribution in [2.24, 2.45) is 5.92 Å². The second-order valence-corrected chi connectivity index (χ2v) is 8.93. The summed E-state index contributed by atoms with van der Waals surface area (Å²) in [6.45, 7) is 7.97. The van der Waals surface area contributed by atoms with E-state index in [0.717, 1.165) is 26.1 Å². The van der Waals surface area contributed by atoms with Crippen LogP contribution in [-0.2, 0) is 4.74 Å². The lowest BCUT2D eigenvalue weighted by Crippen LogP contribution is -2.50. The summed E-state index contributed by atoms with van der Waals surface area (Å²) in [5.41, 5.74) is 0.630. The van der Waals surface area contributed by atoms with Crippen LogP contribution in [0.15, 0.2) is 18.2 Å². The van der Waals surface area contributed by atoms with Crippen molar-refractivity contribution in [1.29, 1.82) is 0 Å². The second kappa shape index (κ2) is 11.7. The molecular weight excluding hydrogens is 394 g/mol. The lowest BCUT2D eigenvalue weighted by molar-refractivity contribution is 0.0664. The third-order valence-corrected chi connectivity index (χ3v) is 6.37. The molecule has 7 heteroatoms. The minimum Gasteiger partial charge on any atom is -0.493 e. The topological polar surface area (TPSA) is 72.1 Å². The molecule has 0 radical (unpaired) electrons. The van der Waals surface area contributed by atoms with E-state index < -0.39 is 0 Å². The molecular formula is C24H39N3O4. The molecule has 7 nitrogen and oxygen atoms in total. The summed E-state index contributed by atoms with van der Waals surface area (Å²) in [5, 5.41) is 7.31. The number of nitrogens with zero attached hydrogens (tertiary/aromatic N) is 1. The zero-order valence-corrected chi connectivity index (χ0v) is 19.5. The SMILES string of the molecule is COCCCOc1cc(C(=O)N(C[C@@H]2CNC[C@H]2NC2CCC2)C(C)C)ccc1OC. The first kappa shape index (κ1) is 23.8. The first-order valence-electron chi connectivity index (χ1n) is 11.6. The molecule has 1 heterocycles. The Kier molecular flexibility index (Phi) is 8.99. The Morgan fingerprint density at radius 1 is 1.19 bits per heavy atom. The van der Waals surface area contributed by atoms with Gasteiger partial charge >= 0.3 is 0 Å². The van der Waals surface area contributed by atoms with E-state index in [1.54, 1.807) is 20.3 Å². The molecule has 2 fully saturated rings. The molecule has 0 bridgehead atoms. The predicted molar refractivity (Wildman–Crippen MR) is 122 cm³/mol. The maximum Gasteiger partial charge on any atom is 0.254 e. The highest BCUT2D eigenvalue weighted by Crippen LogP contribution is 2.29. The molecule has 1 saturated heterocycles. The fourth-order valence-electron chi connectivity index (χ4n) is 4.25. The van der Waals surface area contributed by atoms with Crippen LogP contribution in [0.3, 0.4) is 0 Å². The van der Waals surface area contributed by atoms with E-state index >= 15 is 0 Å². The van der Waals surface area contributed by atoms with Crippen LogP contribution in [0, 0.1) is 5.92 Å². The molecule has 1 aliphatic carbocycles. The van der Waals surface area contributed by atoms with Gasteiger partial charge in [0.05, 0.1) is 13.7 Å². The lowest BCUT2D eigenvalue weighted by Gasteiger charge is -2.35. The third kappa shape index (κ3) is 6.34. The van der Waals surface area contributed by atoms with Crippen molar-refractivity contribution in [2.75, 3.05) is 47.1 Å². The van der Waals surface area contributed by atoms with Crippen molar-refractivity contribution in [1.82, 2.24) is 15.5 Å². The number of ether oxygens (including phenoxy) is 3. The largest absolute Gasteiger partial charge is 0.493 e. The van der Waals surface area contributed by atoms with E-state index in [0.29, 0.717) is 48.3 Å². The Labute approximate surface area is 186 Å². The van der Waals surface area contributed by atoms with Crippen molar-refractivity contribution in [2.45, 2.75) is 57.7 Å². The molecule has 0 unspecified atom stereocenters. The van der Waals surface area contributed by atoms with E-state index in [-0.39, 0.29) is 11.9 Å². The summed E-state index contributed by atoms with van der Waals surface area (Å²) in [7, 11) is 3.29. The van der Waals surface area contributed by atoms with Gasteiger partial charge in [0.1, 0.15) is 0 Å². The van der Waals surface area contributed by atoms with E-state index in [9.17, 15) is 4.79 Å². The zero-order chi connectivity index (χ0) is 22.2. The molecule has 1 saturated carbocycles. The van der Waals surface area contributed by atoms with Crippen LogP contribution in [0.1, 0.15) is 49.9 Å². The molecule has 1 amide bonds. The molecule has 0 aromatic heterocycles. The fraction of sp³-hybridized carbons (Fsp3) is 0.708. The third-order valence-electron chi connectivity index (χ3n) is 6.37. The standard InChI is InChI=1S/C24H39N3O4/c1-17(2)27(16-19-14-25-15-21(19)26-20-7-5-8-20)24(28)18-9-10-22(30-4)23(13-18)31-12-6-11-29-3/h9-10,13,17,19-21,25-26H,5-8,11-12,14-16H2,1-4H3/t19-,21+/m0/s1. The van der Waals surface area contributed by atoms with Gasteiger partial charge in [-0.3, -0.25) is 4.79 Å². The van der Waals surface area contributed by atoms with Gasteiger partial charge in [-0.2, -0.15) is 0 Å². The monoisotopic (exact) mass is 433 g/mol. The van der Waals surface area contributed by atoms with Crippen molar-refractivity contribution < 1.29 is 19.0 Å². The predicted octanol–water partition coefficient (Wildman–Crippen LogP) is 2.69. The molecule has 2 N–H and O–H groups in total. The minimum absolute atomic E-state index is 0.0358. The van der Waals surface area contributed by atoms with E-state index in [2.05, 4.69) is 24.5 Å². The lowest BCUT2D eigenvalue weighted by atomic mass is 9.90. The highest BCUT2D eigenvalue weighted by atomic mass is 16.5. The highest BCUT2D eigenvalue weighted by Gasteiger charge is 2.33. The summed E-state index contributed by atoms with van der Waals surface area (Å²) in [5.74, 6) is 1.68. The number of hydrogen-bond donors (Lipinski definition) is 2. The number of amides is 1. The van der Waals surface area contributed by atoms with Crippen LogP contribution >= 0.6 is 0 Å². The van der Waals surface area contributed by atoms with E-state index in [1.807, 2.05) is 17.0 Å². The number of methoxy groups -OCH3 is 2. The summed E-state index contributed by atoms with van der Waals surface area (Å²) in [6.07, 6.45) is 4.65. The molecule has 174 valence electrons. The summed E-state index contributed by atoms with van der Waals surface area (Å²) in [6, 6.07) is 6.64. The first-order chi connectivity index (χ1) is 15.0. The fourth-order valence-corrected chi connectivity index (χ4v) is 4.25. The van der Waals surface area contributed by atoms with E-state index in [1.165, 1.54) is 19.3 Å².